The molecular formula is C17H13NO4. The van der Waals surface area contributed by atoms with Crippen molar-refractivity contribution in [3.8, 4) is 11.5 Å². The summed E-state index contributed by atoms with van der Waals surface area (Å²) in [6.07, 6.45) is 0. The molecule has 2 aromatic carbocycles. The Morgan fingerprint density at radius 3 is 2.64 bits per heavy atom. The van der Waals surface area contributed by atoms with Crippen LogP contribution >= 0.6 is 0 Å². The average Bonchev–Trinajstić information content (AvgIpc) is 2.94. The first-order chi connectivity index (χ1) is 10.7. The van der Waals surface area contributed by atoms with Gasteiger partial charge in [0.15, 0.2) is 0 Å². The number of hydrogen-bond donors (Lipinski definition) is 1. The Bertz CT molecular complexity index is 1070. The van der Waals surface area contributed by atoms with Gasteiger partial charge >= 0.3 is 5.63 Å². The van der Waals surface area contributed by atoms with Crippen LogP contribution in [0.3, 0.4) is 0 Å². The number of nitrogens with one attached hydrogen (secondary N) is 1. The van der Waals surface area contributed by atoms with Gasteiger partial charge in [0.05, 0.1) is 36.0 Å². The first-order valence-electron chi connectivity index (χ1n) is 6.82. The number of methoxy groups -OCH3 is 2. The van der Waals surface area contributed by atoms with Gasteiger partial charge in [0.2, 0.25) is 0 Å². The number of aromatic amines is 1. The molecule has 0 radical (unpaired) electrons. The summed E-state index contributed by atoms with van der Waals surface area (Å²) >= 11 is 0. The van der Waals surface area contributed by atoms with Gasteiger partial charge in [-0.05, 0) is 12.1 Å². The van der Waals surface area contributed by atoms with Crippen LogP contribution in [0.1, 0.15) is 0 Å². The van der Waals surface area contributed by atoms with Crippen molar-refractivity contribution in [3.05, 3.63) is 46.8 Å². The van der Waals surface area contributed by atoms with Crippen molar-refractivity contribution in [2.45, 2.75) is 0 Å². The predicted octanol–water partition coefficient (Wildman–Crippen LogP) is 3.44. The second-order valence-electron chi connectivity index (χ2n) is 5.01. The standard InChI is InChI=1S/C17H13NO4/c1-20-9-7-11-14(13(8-9)21-2)15-16(18-11)10-5-3-4-6-12(10)22-17(15)19/h3-8,18H,1-2H3. The fourth-order valence-corrected chi connectivity index (χ4v) is 2.87. The Balaban J connectivity index is 2.30. The van der Waals surface area contributed by atoms with Gasteiger partial charge in [0.25, 0.3) is 0 Å². The van der Waals surface area contributed by atoms with Crippen LogP contribution in [0, 0.1) is 0 Å². The van der Waals surface area contributed by atoms with Gasteiger partial charge in [-0.25, -0.2) is 4.79 Å². The van der Waals surface area contributed by atoms with Crippen molar-refractivity contribution >= 4 is 32.8 Å². The van der Waals surface area contributed by atoms with Crippen LogP contribution in [0.5, 0.6) is 11.5 Å². The van der Waals surface area contributed by atoms with E-state index >= 15 is 0 Å². The van der Waals surface area contributed by atoms with Gasteiger partial charge in [0.1, 0.15) is 17.1 Å². The number of para-hydroxylation sites is 1. The highest BCUT2D eigenvalue weighted by molar-refractivity contribution is 6.17. The molecule has 2 aromatic heterocycles. The number of hydrogen-bond acceptors (Lipinski definition) is 4. The van der Waals surface area contributed by atoms with E-state index < -0.39 is 0 Å². The summed E-state index contributed by atoms with van der Waals surface area (Å²) in [7, 11) is 3.16. The second-order valence-corrected chi connectivity index (χ2v) is 5.01. The van der Waals surface area contributed by atoms with E-state index in [1.54, 1.807) is 26.4 Å². The van der Waals surface area contributed by atoms with Crippen LogP contribution in [-0.4, -0.2) is 19.2 Å². The second kappa shape index (κ2) is 4.53. The highest BCUT2D eigenvalue weighted by Gasteiger charge is 2.17. The minimum Gasteiger partial charge on any atom is -0.497 e. The minimum atomic E-state index is -0.386. The van der Waals surface area contributed by atoms with Gasteiger partial charge in [0, 0.05) is 17.5 Å². The molecule has 0 fully saturated rings. The van der Waals surface area contributed by atoms with E-state index in [1.165, 1.54) is 0 Å². The van der Waals surface area contributed by atoms with E-state index in [4.69, 9.17) is 13.9 Å². The van der Waals surface area contributed by atoms with Gasteiger partial charge < -0.3 is 18.9 Å². The van der Waals surface area contributed by atoms with Crippen molar-refractivity contribution in [2.75, 3.05) is 14.2 Å². The molecule has 0 aliphatic carbocycles. The number of aromatic nitrogens is 1. The molecule has 22 heavy (non-hydrogen) atoms. The maximum Gasteiger partial charge on any atom is 0.346 e. The van der Waals surface area contributed by atoms with Crippen molar-refractivity contribution in [3.63, 3.8) is 0 Å². The fourth-order valence-electron chi connectivity index (χ4n) is 2.87. The minimum absolute atomic E-state index is 0.386. The Hall–Kier alpha value is -2.95. The van der Waals surface area contributed by atoms with Crippen molar-refractivity contribution < 1.29 is 13.9 Å². The maximum atomic E-state index is 12.4. The van der Waals surface area contributed by atoms with E-state index in [1.807, 2.05) is 24.3 Å². The number of H-pyrrole nitrogens is 1. The fraction of sp³-hybridized carbons (Fsp3) is 0.118. The zero-order valence-corrected chi connectivity index (χ0v) is 12.1. The third-order valence-electron chi connectivity index (χ3n) is 3.85. The molecule has 0 bridgehead atoms. The Labute approximate surface area is 125 Å². The SMILES string of the molecule is COc1cc(OC)c2c(c1)[nH]c1c3ccccc3oc(=O)c12. The lowest BCUT2D eigenvalue weighted by molar-refractivity contribution is 0.398. The predicted molar refractivity (Wildman–Crippen MR) is 85.0 cm³/mol. The Morgan fingerprint density at radius 1 is 1.05 bits per heavy atom. The van der Waals surface area contributed by atoms with Crippen LogP contribution < -0.4 is 15.1 Å². The first kappa shape index (κ1) is 12.8. The summed E-state index contributed by atoms with van der Waals surface area (Å²) in [6.45, 7) is 0. The smallest absolute Gasteiger partial charge is 0.346 e. The number of ether oxygens (including phenoxy) is 2. The number of rotatable bonds is 2. The molecule has 0 saturated heterocycles. The van der Waals surface area contributed by atoms with Crippen LogP contribution in [0.2, 0.25) is 0 Å². The molecule has 2 heterocycles. The zero-order chi connectivity index (χ0) is 15.3. The molecule has 0 saturated carbocycles. The molecule has 5 nitrogen and oxygen atoms in total. The van der Waals surface area contributed by atoms with Gasteiger partial charge in [-0.2, -0.15) is 0 Å². The Kier molecular flexibility index (Phi) is 2.63. The molecule has 4 aromatic rings. The molecule has 0 aliphatic heterocycles. The normalized spacial score (nSPS) is 11.4. The van der Waals surface area contributed by atoms with E-state index in [2.05, 4.69) is 4.98 Å². The highest BCUT2D eigenvalue weighted by Crippen LogP contribution is 2.37. The van der Waals surface area contributed by atoms with Gasteiger partial charge in [-0.15, -0.1) is 0 Å². The van der Waals surface area contributed by atoms with E-state index in [0.717, 1.165) is 16.4 Å². The van der Waals surface area contributed by atoms with Crippen LogP contribution in [-0.2, 0) is 0 Å². The molecule has 0 aliphatic rings. The summed E-state index contributed by atoms with van der Waals surface area (Å²) in [6, 6.07) is 11.0. The molecule has 1 N–H and O–H groups in total. The summed E-state index contributed by atoms with van der Waals surface area (Å²) in [4.78, 5) is 15.7. The number of fused-ring (bicyclic) bond motifs is 5. The topological polar surface area (TPSA) is 64.5 Å². The highest BCUT2D eigenvalue weighted by atomic mass is 16.5. The van der Waals surface area contributed by atoms with Gasteiger partial charge in [-0.3, -0.25) is 0 Å². The number of benzene rings is 2. The maximum absolute atomic E-state index is 12.4. The first-order valence-corrected chi connectivity index (χ1v) is 6.82. The average molecular weight is 295 g/mol. The Morgan fingerprint density at radius 2 is 1.86 bits per heavy atom. The lowest BCUT2D eigenvalue weighted by Gasteiger charge is -2.05. The lowest BCUT2D eigenvalue weighted by Crippen LogP contribution is -1.99. The summed E-state index contributed by atoms with van der Waals surface area (Å²) in [5.74, 6) is 1.23. The third-order valence-corrected chi connectivity index (χ3v) is 3.85. The van der Waals surface area contributed by atoms with Crippen molar-refractivity contribution in [2.24, 2.45) is 0 Å². The molecule has 0 amide bonds. The summed E-state index contributed by atoms with van der Waals surface area (Å²) in [5.41, 5.74) is 1.68. The van der Waals surface area contributed by atoms with Crippen molar-refractivity contribution in [1.29, 1.82) is 0 Å². The zero-order valence-electron chi connectivity index (χ0n) is 12.1. The summed E-state index contributed by atoms with van der Waals surface area (Å²) in [5, 5.41) is 2.06. The van der Waals surface area contributed by atoms with Crippen LogP contribution in [0.25, 0.3) is 32.8 Å². The van der Waals surface area contributed by atoms with E-state index in [0.29, 0.717) is 27.9 Å². The van der Waals surface area contributed by atoms with Crippen LogP contribution in [0.15, 0.2) is 45.6 Å². The monoisotopic (exact) mass is 295 g/mol. The molecular weight excluding hydrogens is 282 g/mol. The summed E-state index contributed by atoms with van der Waals surface area (Å²) < 4.78 is 16.1. The van der Waals surface area contributed by atoms with Crippen molar-refractivity contribution in [1.82, 2.24) is 4.98 Å². The third kappa shape index (κ3) is 1.62. The lowest BCUT2D eigenvalue weighted by atomic mass is 10.1. The van der Waals surface area contributed by atoms with E-state index in [9.17, 15) is 4.79 Å². The van der Waals surface area contributed by atoms with E-state index in [-0.39, 0.29) is 5.63 Å². The quantitative estimate of drug-likeness (QED) is 0.575. The van der Waals surface area contributed by atoms with Gasteiger partial charge in [-0.1, -0.05) is 12.1 Å². The molecule has 5 heteroatoms. The largest absolute Gasteiger partial charge is 0.497 e. The van der Waals surface area contributed by atoms with Crippen LogP contribution in [0.4, 0.5) is 0 Å². The molecule has 0 atom stereocenters. The molecule has 110 valence electrons. The molecule has 0 spiro atoms. The molecule has 0 unspecified atom stereocenters. The molecule has 4 rings (SSSR count).